The van der Waals surface area contributed by atoms with Gasteiger partial charge < -0.3 is 9.80 Å². The highest BCUT2D eigenvalue weighted by Crippen LogP contribution is 2.33. The van der Waals surface area contributed by atoms with Crippen LogP contribution in [0.5, 0.6) is 0 Å². The van der Waals surface area contributed by atoms with Crippen LogP contribution in [0.15, 0.2) is 78.9 Å². The molecule has 0 radical (unpaired) electrons. The van der Waals surface area contributed by atoms with Crippen molar-refractivity contribution < 1.29 is 14.4 Å². The Balaban J connectivity index is 1.18. The summed E-state index contributed by atoms with van der Waals surface area (Å²) in [5, 5.41) is 1.40. The van der Waals surface area contributed by atoms with E-state index >= 15 is 0 Å². The predicted molar refractivity (Wildman–Crippen MR) is 139 cm³/mol. The average molecular weight is 497 g/mol. The van der Waals surface area contributed by atoms with E-state index in [1.54, 1.807) is 41.3 Å². The minimum absolute atomic E-state index is 0.166. The zero-order chi connectivity index (χ0) is 24.8. The fraction of sp³-hybridized carbons (Fsp3) is 0.143. The van der Waals surface area contributed by atoms with Gasteiger partial charge in [0.25, 0.3) is 17.7 Å². The molecule has 3 aromatic carbocycles. The van der Waals surface area contributed by atoms with E-state index < -0.39 is 11.8 Å². The SMILES string of the molecule is O=C(c1ccc2c(c1)C(=O)N(c1ccccc1Cl)C2=O)N1CCN(c2ccc3ccccc3n2)CC1. The van der Waals surface area contributed by atoms with Crippen LogP contribution in [0.4, 0.5) is 11.5 Å². The van der Waals surface area contributed by atoms with Gasteiger partial charge in [0.1, 0.15) is 5.82 Å². The smallest absolute Gasteiger partial charge is 0.266 e. The van der Waals surface area contributed by atoms with Crippen LogP contribution in [0.3, 0.4) is 0 Å². The third kappa shape index (κ3) is 3.69. The summed E-state index contributed by atoms with van der Waals surface area (Å²) in [5.41, 5.74) is 2.13. The number of carbonyl (C=O) groups excluding carboxylic acids is 3. The number of piperazine rings is 1. The van der Waals surface area contributed by atoms with Crippen molar-refractivity contribution in [1.29, 1.82) is 0 Å². The zero-order valence-corrected chi connectivity index (χ0v) is 20.0. The number of benzene rings is 3. The van der Waals surface area contributed by atoms with Gasteiger partial charge in [0.05, 0.1) is 27.4 Å². The van der Waals surface area contributed by atoms with Crippen LogP contribution in [-0.4, -0.2) is 53.8 Å². The molecule has 178 valence electrons. The number of halogens is 1. The van der Waals surface area contributed by atoms with Gasteiger partial charge in [-0.25, -0.2) is 9.88 Å². The molecule has 0 atom stereocenters. The number of anilines is 2. The Hall–Kier alpha value is -4.23. The summed E-state index contributed by atoms with van der Waals surface area (Å²) in [5.74, 6) is -0.203. The molecule has 0 aliphatic carbocycles. The zero-order valence-electron chi connectivity index (χ0n) is 19.2. The Morgan fingerprint density at radius 3 is 2.31 bits per heavy atom. The second-order valence-electron chi connectivity index (χ2n) is 8.80. The van der Waals surface area contributed by atoms with Crippen molar-refractivity contribution in [3.8, 4) is 0 Å². The van der Waals surface area contributed by atoms with Crippen LogP contribution < -0.4 is 9.80 Å². The summed E-state index contributed by atoms with van der Waals surface area (Å²) in [6.07, 6.45) is 0. The highest BCUT2D eigenvalue weighted by Gasteiger charge is 2.38. The lowest BCUT2D eigenvalue weighted by molar-refractivity contribution is 0.0746. The van der Waals surface area contributed by atoms with Gasteiger partial charge in [0.2, 0.25) is 0 Å². The molecule has 0 bridgehead atoms. The maximum absolute atomic E-state index is 13.3. The maximum Gasteiger partial charge on any atom is 0.266 e. The fourth-order valence-corrected chi connectivity index (χ4v) is 5.00. The molecular formula is C28H21ClN4O3. The molecule has 4 aromatic rings. The molecule has 1 saturated heterocycles. The first-order valence-corrected chi connectivity index (χ1v) is 12.1. The van der Waals surface area contributed by atoms with Crippen molar-refractivity contribution in [2.75, 3.05) is 36.0 Å². The normalized spacial score (nSPS) is 15.5. The molecule has 0 N–H and O–H groups in total. The lowest BCUT2D eigenvalue weighted by Gasteiger charge is -2.35. The number of rotatable bonds is 3. The van der Waals surface area contributed by atoms with Crippen LogP contribution in [0, 0.1) is 0 Å². The predicted octanol–water partition coefficient (Wildman–Crippen LogP) is 4.65. The third-order valence-electron chi connectivity index (χ3n) is 6.70. The standard InChI is InChI=1S/C28H21ClN4O3/c29-22-6-2-4-8-24(22)33-27(35)20-11-9-19(17-21(20)28(33)36)26(34)32-15-13-31(14-16-32)25-12-10-18-5-1-3-7-23(18)30-25/h1-12,17H,13-16H2. The van der Waals surface area contributed by atoms with Gasteiger partial charge >= 0.3 is 0 Å². The van der Waals surface area contributed by atoms with Gasteiger partial charge in [-0.3, -0.25) is 14.4 Å². The van der Waals surface area contributed by atoms with Gasteiger partial charge in [-0.2, -0.15) is 0 Å². The van der Waals surface area contributed by atoms with Crippen molar-refractivity contribution in [2.45, 2.75) is 0 Å². The van der Waals surface area contributed by atoms with E-state index in [1.165, 1.54) is 6.07 Å². The molecule has 1 aromatic heterocycles. The van der Waals surface area contributed by atoms with Gasteiger partial charge in [-0.15, -0.1) is 0 Å². The minimum Gasteiger partial charge on any atom is -0.353 e. The molecule has 7 nitrogen and oxygen atoms in total. The second kappa shape index (κ2) is 8.77. The van der Waals surface area contributed by atoms with Crippen LogP contribution in [0.25, 0.3) is 10.9 Å². The number of aromatic nitrogens is 1. The summed E-state index contributed by atoms with van der Waals surface area (Å²) < 4.78 is 0. The van der Waals surface area contributed by atoms with Crippen LogP contribution in [-0.2, 0) is 0 Å². The number of carbonyl (C=O) groups is 3. The molecule has 0 saturated carbocycles. The molecule has 6 rings (SSSR count). The monoisotopic (exact) mass is 496 g/mol. The van der Waals surface area contributed by atoms with E-state index in [4.69, 9.17) is 16.6 Å². The molecule has 8 heteroatoms. The van der Waals surface area contributed by atoms with Crippen LogP contribution >= 0.6 is 11.6 Å². The quantitative estimate of drug-likeness (QED) is 0.386. The van der Waals surface area contributed by atoms with Crippen molar-refractivity contribution >= 4 is 51.7 Å². The average Bonchev–Trinajstić information content (AvgIpc) is 3.17. The van der Waals surface area contributed by atoms with E-state index in [0.717, 1.165) is 21.6 Å². The van der Waals surface area contributed by atoms with Crippen molar-refractivity contribution in [3.63, 3.8) is 0 Å². The summed E-state index contributed by atoms with van der Waals surface area (Å²) in [7, 11) is 0. The number of amides is 3. The van der Waals surface area contributed by atoms with Crippen molar-refractivity contribution in [1.82, 2.24) is 9.88 Å². The molecule has 0 unspecified atom stereocenters. The van der Waals surface area contributed by atoms with E-state index in [9.17, 15) is 14.4 Å². The molecule has 2 aliphatic heterocycles. The van der Waals surface area contributed by atoms with Crippen molar-refractivity contribution in [2.24, 2.45) is 0 Å². The number of hydrogen-bond donors (Lipinski definition) is 0. The lowest BCUT2D eigenvalue weighted by Crippen LogP contribution is -2.49. The molecule has 2 aliphatic rings. The maximum atomic E-state index is 13.3. The number of pyridine rings is 1. The van der Waals surface area contributed by atoms with E-state index in [-0.39, 0.29) is 17.0 Å². The summed E-state index contributed by atoms with van der Waals surface area (Å²) in [6.45, 7) is 2.37. The first kappa shape index (κ1) is 22.2. The van der Waals surface area contributed by atoms with Gasteiger partial charge in [-0.05, 0) is 48.5 Å². The lowest BCUT2D eigenvalue weighted by atomic mass is 10.0. The Morgan fingerprint density at radius 2 is 1.50 bits per heavy atom. The fourth-order valence-electron chi connectivity index (χ4n) is 4.78. The Labute approximate surface area is 212 Å². The molecular weight excluding hydrogens is 476 g/mol. The third-order valence-corrected chi connectivity index (χ3v) is 7.02. The topological polar surface area (TPSA) is 73.8 Å². The van der Waals surface area contributed by atoms with E-state index in [2.05, 4.69) is 11.0 Å². The molecule has 0 spiro atoms. The summed E-state index contributed by atoms with van der Waals surface area (Å²) in [4.78, 5) is 49.1. The van der Waals surface area contributed by atoms with Crippen LogP contribution in [0.2, 0.25) is 5.02 Å². The van der Waals surface area contributed by atoms with Gasteiger partial charge in [0, 0.05) is 37.1 Å². The Bertz CT molecular complexity index is 1550. The number of nitrogens with zero attached hydrogens (tertiary/aromatic N) is 4. The Morgan fingerprint density at radius 1 is 0.778 bits per heavy atom. The largest absolute Gasteiger partial charge is 0.353 e. The second-order valence-corrected chi connectivity index (χ2v) is 9.21. The van der Waals surface area contributed by atoms with Crippen LogP contribution in [0.1, 0.15) is 31.1 Å². The number of imide groups is 1. The van der Waals surface area contributed by atoms with Crippen molar-refractivity contribution in [3.05, 3.63) is 101 Å². The number of fused-ring (bicyclic) bond motifs is 2. The summed E-state index contributed by atoms with van der Waals surface area (Å²) >= 11 is 6.23. The number of para-hydroxylation sites is 2. The summed E-state index contributed by atoms with van der Waals surface area (Å²) in [6, 6.07) is 23.4. The first-order chi connectivity index (χ1) is 17.5. The first-order valence-electron chi connectivity index (χ1n) is 11.7. The Kier molecular flexibility index (Phi) is 5.42. The molecule has 3 amide bonds. The number of hydrogen-bond acceptors (Lipinski definition) is 5. The molecule has 1 fully saturated rings. The minimum atomic E-state index is -0.482. The highest BCUT2D eigenvalue weighted by molar-refractivity contribution is 6.39. The molecule has 3 heterocycles. The highest BCUT2D eigenvalue weighted by atomic mass is 35.5. The van der Waals surface area contributed by atoms with E-state index in [1.807, 2.05) is 30.3 Å². The molecule has 36 heavy (non-hydrogen) atoms. The van der Waals surface area contributed by atoms with E-state index in [0.29, 0.717) is 42.5 Å². The van der Waals surface area contributed by atoms with Gasteiger partial charge in [-0.1, -0.05) is 41.9 Å². The van der Waals surface area contributed by atoms with Gasteiger partial charge in [0.15, 0.2) is 0 Å².